The van der Waals surface area contributed by atoms with Crippen LogP contribution in [0.4, 0.5) is 0 Å². The molecule has 86 valence electrons. The number of hydrogen-bond donors (Lipinski definition) is 1. The fourth-order valence-electron chi connectivity index (χ4n) is 1.23. The third-order valence-corrected chi connectivity index (χ3v) is 2.72. The third kappa shape index (κ3) is 3.30. The first-order valence-corrected chi connectivity index (χ1v) is 5.62. The lowest BCUT2D eigenvalue weighted by Crippen LogP contribution is -2.18. The Kier molecular flexibility index (Phi) is 4.27. The Morgan fingerprint density at radius 1 is 1.33 bits per heavy atom. The summed E-state index contributed by atoms with van der Waals surface area (Å²) >= 11 is 0. The molecule has 2 N–H and O–H groups in total. The molecular formula is C11H21N3O. The highest BCUT2D eigenvalue weighted by atomic mass is 16.5. The van der Waals surface area contributed by atoms with Gasteiger partial charge in [0.25, 0.3) is 0 Å². The van der Waals surface area contributed by atoms with Gasteiger partial charge in [-0.05, 0) is 11.8 Å². The molecular weight excluding hydrogens is 190 g/mol. The van der Waals surface area contributed by atoms with Crippen LogP contribution in [-0.4, -0.2) is 10.1 Å². The minimum absolute atomic E-state index is 0.126. The summed E-state index contributed by atoms with van der Waals surface area (Å²) in [4.78, 5) is 4.32. The number of nitrogens with two attached hydrogens (primary N) is 1. The van der Waals surface area contributed by atoms with Crippen molar-refractivity contribution in [3.63, 3.8) is 0 Å². The highest BCUT2D eigenvalue weighted by molar-refractivity contribution is 4.94. The molecule has 0 amide bonds. The summed E-state index contributed by atoms with van der Waals surface area (Å²) in [5, 5.41) is 3.91. The van der Waals surface area contributed by atoms with Gasteiger partial charge in [0.05, 0.1) is 6.04 Å². The van der Waals surface area contributed by atoms with E-state index >= 15 is 0 Å². The maximum Gasteiger partial charge on any atom is 0.226 e. The van der Waals surface area contributed by atoms with Crippen LogP contribution < -0.4 is 5.73 Å². The molecule has 0 saturated carbocycles. The van der Waals surface area contributed by atoms with E-state index in [1.54, 1.807) is 0 Å². The van der Waals surface area contributed by atoms with E-state index in [4.69, 9.17) is 10.3 Å². The molecule has 0 radical (unpaired) electrons. The summed E-state index contributed by atoms with van der Waals surface area (Å²) in [6.45, 7) is 8.43. The van der Waals surface area contributed by atoms with Crippen molar-refractivity contribution in [1.82, 2.24) is 10.1 Å². The van der Waals surface area contributed by atoms with Crippen molar-refractivity contribution >= 4 is 0 Å². The molecule has 1 aromatic heterocycles. The summed E-state index contributed by atoms with van der Waals surface area (Å²) in [6.07, 6.45) is 1.96. The molecule has 4 heteroatoms. The lowest BCUT2D eigenvalue weighted by molar-refractivity contribution is 0.345. The van der Waals surface area contributed by atoms with Gasteiger partial charge in [-0.2, -0.15) is 4.98 Å². The van der Waals surface area contributed by atoms with Crippen LogP contribution in [0.5, 0.6) is 0 Å². The molecule has 0 aliphatic carbocycles. The highest BCUT2D eigenvalue weighted by Gasteiger charge is 2.17. The lowest BCUT2D eigenvalue weighted by Gasteiger charge is -2.09. The molecule has 0 spiro atoms. The van der Waals surface area contributed by atoms with Crippen LogP contribution in [0.3, 0.4) is 0 Å². The Labute approximate surface area is 91.2 Å². The van der Waals surface area contributed by atoms with Crippen LogP contribution in [0, 0.1) is 11.8 Å². The van der Waals surface area contributed by atoms with Crippen LogP contribution in [0.15, 0.2) is 4.52 Å². The molecule has 2 atom stereocenters. The van der Waals surface area contributed by atoms with Crippen molar-refractivity contribution in [3.8, 4) is 0 Å². The molecule has 0 bridgehead atoms. The van der Waals surface area contributed by atoms with E-state index in [1.165, 1.54) is 0 Å². The fraction of sp³-hybridized carbons (Fsp3) is 0.818. The first kappa shape index (κ1) is 12.2. The topological polar surface area (TPSA) is 64.9 Å². The Hall–Kier alpha value is -0.900. The lowest BCUT2D eigenvalue weighted by atomic mass is 10.0. The second kappa shape index (κ2) is 5.26. The molecule has 0 aromatic carbocycles. The monoisotopic (exact) mass is 211 g/mol. The smallest absolute Gasteiger partial charge is 0.226 e. The highest BCUT2D eigenvalue weighted by Crippen LogP contribution is 2.17. The summed E-state index contributed by atoms with van der Waals surface area (Å²) in [5.41, 5.74) is 5.93. The number of hydrogen-bond acceptors (Lipinski definition) is 4. The largest absolute Gasteiger partial charge is 0.339 e. The molecule has 15 heavy (non-hydrogen) atoms. The Morgan fingerprint density at radius 3 is 2.53 bits per heavy atom. The minimum atomic E-state index is -0.126. The minimum Gasteiger partial charge on any atom is -0.339 e. The van der Waals surface area contributed by atoms with Crippen LogP contribution in [0.2, 0.25) is 0 Å². The van der Waals surface area contributed by atoms with Gasteiger partial charge in [0.2, 0.25) is 5.89 Å². The standard InChI is InChI=1S/C11H21N3O/c1-5-8(4)6-9-13-11(14-15-9)10(12)7(2)3/h7-8,10H,5-6,12H2,1-4H3. The fourth-order valence-corrected chi connectivity index (χ4v) is 1.23. The summed E-state index contributed by atoms with van der Waals surface area (Å²) in [5.74, 6) is 2.24. The van der Waals surface area contributed by atoms with Crippen LogP contribution in [-0.2, 0) is 6.42 Å². The van der Waals surface area contributed by atoms with Crippen molar-refractivity contribution in [3.05, 3.63) is 11.7 Å². The molecule has 4 nitrogen and oxygen atoms in total. The van der Waals surface area contributed by atoms with Gasteiger partial charge in [-0.25, -0.2) is 0 Å². The molecule has 1 aromatic rings. The van der Waals surface area contributed by atoms with Gasteiger partial charge in [-0.3, -0.25) is 0 Å². The normalized spacial score (nSPS) is 15.6. The predicted octanol–water partition coefficient (Wildman–Crippen LogP) is 2.31. The molecule has 0 saturated heterocycles. The number of rotatable bonds is 5. The molecule has 0 aliphatic rings. The average Bonchev–Trinajstić information content (AvgIpc) is 2.64. The zero-order valence-corrected chi connectivity index (χ0v) is 10.0. The van der Waals surface area contributed by atoms with Crippen molar-refractivity contribution in [2.75, 3.05) is 0 Å². The quantitative estimate of drug-likeness (QED) is 0.811. The van der Waals surface area contributed by atoms with Gasteiger partial charge in [0.1, 0.15) is 0 Å². The zero-order valence-electron chi connectivity index (χ0n) is 10.0. The molecule has 0 fully saturated rings. The second-order valence-electron chi connectivity index (χ2n) is 4.53. The predicted molar refractivity (Wildman–Crippen MR) is 59.2 cm³/mol. The molecule has 1 rings (SSSR count). The van der Waals surface area contributed by atoms with Crippen molar-refractivity contribution in [2.45, 2.75) is 46.6 Å². The van der Waals surface area contributed by atoms with E-state index < -0.39 is 0 Å². The van der Waals surface area contributed by atoms with Crippen molar-refractivity contribution < 1.29 is 4.52 Å². The Morgan fingerprint density at radius 2 is 2.00 bits per heavy atom. The van der Waals surface area contributed by atoms with Crippen molar-refractivity contribution in [1.29, 1.82) is 0 Å². The van der Waals surface area contributed by atoms with E-state index in [-0.39, 0.29) is 6.04 Å². The molecule has 2 unspecified atom stereocenters. The third-order valence-electron chi connectivity index (χ3n) is 2.72. The average molecular weight is 211 g/mol. The van der Waals surface area contributed by atoms with Gasteiger partial charge < -0.3 is 10.3 Å². The summed E-state index contributed by atoms with van der Waals surface area (Å²) < 4.78 is 5.17. The second-order valence-corrected chi connectivity index (χ2v) is 4.53. The van der Waals surface area contributed by atoms with Crippen molar-refractivity contribution in [2.24, 2.45) is 17.6 Å². The van der Waals surface area contributed by atoms with Gasteiger partial charge in [-0.1, -0.05) is 39.3 Å². The van der Waals surface area contributed by atoms with E-state index in [0.717, 1.165) is 12.8 Å². The maximum absolute atomic E-state index is 5.93. The number of nitrogens with zero attached hydrogens (tertiary/aromatic N) is 2. The van der Waals surface area contributed by atoms with E-state index in [0.29, 0.717) is 23.6 Å². The van der Waals surface area contributed by atoms with E-state index in [1.807, 2.05) is 0 Å². The SMILES string of the molecule is CCC(C)Cc1nc(C(N)C(C)C)no1. The summed E-state index contributed by atoms with van der Waals surface area (Å²) in [7, 11) is 0. The maximum atomic E-state index is 5.93. The first-order valence-electron chi connectivity index (χ1n) is 5.62. The number of aromatic nitrogens is 2. The van der Waals surface area contributed by atoms with Crippen LogP contribution in [0.25, 0.3) is 0 Å². The van der Waals surface area contributed by atoms with Gasteiger partial charge in [0, 0.05) is 6.42 Å². The van der Waals surface area contributed by atoms with Gasteiger partial charge in [-0.15, -0.1) is 0 Å². The van der Waals surface area contributed by atoms with E-state index in [9.17, 15) is 0 Å². The molecule has 0 aliphatic heterocycles. The zero-order chi connectivity index (χ0) is 11.4. The van der Waals surface area contributed by atoms with Gasteiger partial charge >= 0.3 is 0 Å². The van der Waals surface area contributed by atoms with E-state index in [2.05, 4.69) is 37.8 Å². The summed E-state index contributed by atoms with van der Waals surface area (Å²) in [6, 6.07) is -0.126. The van der Waals surface area contributed by atoms with Crippen LogP contribution >= 0.6 is 0 Å². The Bertz CT molecular complexity index is 296. The first-order chi connectivity index (χ1) is 7.04. The molecule has 1 heterocycles. The Balaban J connectivity index is 2.63. The van der Waals surface area contributed by atoms with Crippen LogP contribution in [0.1, 0.15) is 51.9 Å². The van der Waals surface area contributed by atoms with Gasteiger partial charge in [0.15, 0.2) is 5.82 Å².